The van der Waals surface area contributed by atoms with Crippen molar-refractivity contribution in [3.63, 3.8) is 0 Å². The quantitative estimate of drug-likeness (QED) is 0.742. The van der Waals surface area contributed by atoms with E-state index in [1.807, 2.05) is 24.3 Å². The van der Waals surface area contributed by atoms with Crippen molar-refractivity contribution in [3.8, 4) is 5.75 Å². The Bertz CT molecular complexity index is 877. The molecule has 2 aliphatic heterocycles. The van der Waals surface area contributed by atoms with E-state index >= 15 is 0 Å². The normalized spacial score (nSPS) is 25.4. The fourth-order valence-corrected chi connectivity index (χ4v) is 5.04. The first-order valence-electron chi connectivity index (χ1n) is 8.72. The Morgan fingerprint density at radius 1 is 1.37 bits per heavy atom. The molecule has 1 aromatic carbocycles. The van der Waals surface area contributed by atoms with Gasteiger partial charge in [-0.05, 0) is 43.0 Å². The van der Waals surface area contributed by atoms with Crippen LogP contribution in [0.25, 0.3) is 0 Å². The maximum atomic E-state index is 13.0. The molecule has 0 aromatic heterocycles. The second-order valence-corrected chi connectivity index (χ2v) is 8.21. The average molecular weight is 388 g/mol. The van der Waals surface area contributed by atoms with Crippen molar-refractivity contribution in [1.82, 2.24) is 10.2 Å². The fourth-order valence-electron chi connectivity index (χ4n) is 3.75. The van der Waals surface area contributed by atoms with Gasteiger partial charge in [-0.3, -0.25) is 14.5 Å². The highest BCUT2D eigenvalue weighted by atomic mass is 32.2. The van der Waals surface area contributed by atoms with Crippen molar-refractivity contribution in [2.75, 3.05) is 12.9 Å². The number of fused-ring (bicyclic) bond motifs is 1. The molecular weight excluding hydrogens is 368 g/mol. The summed E-state index contributed by atoms with van der Waals surface area (Å²) in [5.41, 5.74) is 0.956. The molecule has 0 unspecified atom stereocenters. The van der Waals surface area contributed by atoms with Crippen LogP contribution in [0.5, 0.6) is 5.75 Å². The lowest BCUT2D eigenvalue weighted by atomic mass is 9.93. The van der Waals surface area contributed by atoms with Gasteiger partial charge in [-0.1, -0.05) is 12.1 Å². The van der Waals surface area contributed by atoms with Crippen LogP contribution in [0.4, 0.5) is 0 Å². The second kappa shape index (κ2) is 6.30. The number of nitrogens with one attached hydrogen (secondary N) is 1. The number of carbonyl (C=O) groups excluding carboxylic acids is 2. The van der Waals surface area contributed by atoms with E-state index in [9.17, 15) is 19.5 Å². The van der Waals surface area contributed by atoms with Crippen LogP contribution in [0, 0.1) is 0 Å². The van der Waals surface area contributed by atoms with Gasteiger partial charge in [0.2, 0.25) is 5.91 Å². The first kappa shape index (κ1) is 17.9. The molecule has 27 heavy (non-hydrogen) atoms. The van der Waals surface area contributed by atoms with Gasteiger partial charge < -0.3 is 15.2 Å². The maximum Gasteiger partial charge on any atom is 0.352 e. The number of aliphatic carboxylic acids is 1. The molecule has 0 spiro atoms. The zero-order valence-electron chi connectivity index (χ0n) is 15.0. The summed E-state index contributed by atoms with van der Waals surface area (Å²) in [5.74, 6) is -0.432. The van der Waals surface area contributed by atoms with Gasteiger partial charge in [-0.25, -0.2) is 4.79 Å². The molecule has 1 saturated carbocycles. The Morgan fingerprint density at radius 3 is 2.74 bits per heavy atom. The van der Waals surface area contributed by atoms with Crippen LogP contribution in [0.3, 0.4) is 0 Å². The molecule has 3 aliphatic rings. The minimum atomic E-state index is -1.11. The Kier molecular flexibility index (Phi) is 4.18. The summed E-state index contributed by atoms with van der Waals surface area (Å²) >= 11 is 1.48. The van der Waals surface area contributed by atoms with E-state index in [-0.39, 0.29) is 22.9 Å². The number of methoxy groups -OCH3 is 1. The third kappa shape index (κ3) is 2.70. The van der Waals surface area contributed by atoms with Gasteiger partial charge in [0.15, 0.2) is 0 Å². The van der Waals surface area contributed by atoms with Crippen LogP contribution >= 0.6 is 11.8 Å². The third-order valence-corrected chi connectivity index (χ3v) is 6.88. The molecule has 1 saturated heterocycles. The Labute approximate surface area is 160 Å². The van der Waals surface area contributed by atoms with Crippen molar-refractivity contribution < 1.29 is 24.2 Å². The number of β-lactam (4-membered cyclic amide) rings is 1. The molecule has 0 radical (unpaired) electrons. The topological polar surface area (TPSA) is 95.9 Å². The van der Waals surface area contributed by atoms with Gasteiger partial charge in [0.05, 0.1) is 12.5 Å². The van der Waals surface area contributed by atoms with Crippen LogP contribution in [0.2, 0.25) is 0 Å². The molecule has 8 heteroatoms. The van der Waals surface area contributed by atoms with E-state index in [0.717, 1.165) is 5.56 Å². The SMILES string of the molecule is COc1cccc(C2(C(=O)N[C@H]3C(=O)N4C(C(=O)O)=C(C)CS[C@H]34)CC2)c1. The summed E-state index contributed by atoms with van der Waals surface area (Å²) in [7, 11) is 1.58. The van der Waals surface area contributed by atoms with Gasteiger partial charge in [0.25, 0.3) is 5.91 Å². The van der Waals surface area contributed by atoms with Gasteiger partial charge in [-0.15, -0.1) is 11.8 Å². The van der Waals surface area contributed by atoms with E-state index in [0.29, 0.717) is 29.9 Å². The molecule has 2 amide bonds. The molecule has 4 rings (SSSR count). The molecular formula is C19H20N2O5S. The molecule has 142 valence electrons. The van der Waals surface area contributed by atoms with Crippen molar-refractivity contribution in [1.29, 1.82) is 0 Å². The molecule has 2 fully saturated rings. The van der Waals surface area contributed by atoms with Crippen LogP contribution < -0.4 is 10.1 Å². The van der Waals surface area contributed by atoms with Crippen molar-refractivity contribution in [3.05, 3.63) is 41.1 Å². The summed E-state index contributed by atoms with van der Waals surface area (Å²) < 4.78 is 5.25. The summed E-state index contributed by atoms with van der Waals surface area (Å²) in [6.45, 7) is 1.72. The minimum absolute atomic E-state index is 0.0446. The number of nitrogens with zero attached hydrogens (tertiary/aromatic N) is 1. The first-order chi connectivity index (χ1) is 12.9. The molecule has 7 nitrogen and oxygen atoms in total. The lowest BCUT2D eigenvalue weighted by Crippen LogP contribution is -2.71. The number of amides is 2. The molecule has 1 aromatic rings. The van der Waals surface area contributed by atoms with E-state index in [4.69, 9.17) is 4.74 Å². The second-order valence-electron chi connectivity index (χ2n) is 7.11. The standard InChI is InChI=1S/C19H20N2O5S/c1-10-9-27-16-13(15(22)21(16)14(10)17(23)24)20-18(25)19(6-7-19)11-4-3-5-12(8-11)26-2/h3-5,8,13,16H,6-7,9H2,1-2H3,(H,20,25)(H,23,24)/t13-,16+/m0/s1. The number of hydrogen-bond donors (Lipinski definition) is 2. The molecule has 2 heterocycles. The first-order valence-corrected chi connectivity index (χ1v) is 9.77. The predicted octanol–water partition coefficient (Wildman–Crippen LogP) is 1.49. The monoisotopic (exact) mass is 388 g/mol. The van der Waals surface area contributed by atoms with Crippen molar-refractivity contribution in [2.45, 2.75) is 36.6 Å². The minimum Gasteiger partial charge on any atom is -0.497 e. The van der Waals surface area contributed by atoms with Gasteiger partial charge in [0, 0.05) is 5.75 Å². The Morgan fingerprint density at radius 2 is 2.11 bits per heavy atom. The highest BCUT2D eigenvalue weighted by Crippen LogP contribution is 2.50. The van der Waals surface area contributed by atoms with Crippen molar-refractivity contribution >= 4 is 29.5 Å². The maximum absolute atomic E-state index is 13.0. The summed E-state index contributed by atoms with van der Waals surface area (Å²) in [4.78, 5) is 38.3. The van der Waals surface area contributed by atoms with E-state index < -0.39 is 17.4 Å². The predicted molar refractivity (Wildman–Crippen MR) is 99.3 cm³/mol. The largest absolute Gasteiger partial charge is 0.497 e. The number of carboxylic acid groups (broad SMARTS) is 1. The average Bonchev–Trinajstić information content (AvgIpc) is 3.47. The van der Waals surface area contributed by atoms with Gasteiger partial charge in [-0.2, -0.15) is 0 Å². The number of carbonyl (C=O) groups is 3. The zero-order valence-corrected chi connectivity index (χ0v) is 15.8. The third-order valence-electron chi connectivity index (χ3n) is 5.46. The van der Waals surface area contributed by atoms with Crippen LogP contribution in [-0.4, -0.2) is 52.1 Å². The number of rotatable bonds is 5. The number of thioether (sulfide) groups is 1. The number of hydrogen-bond acceptors (Lipinski definition) is 5. The van der Waals surface area contributed by atoms with E-state index in [2.05, 4.69) is 5.32 Å². The van der Waals surface area contributed by atoms with Gasteiger partial charge in [0.1, 0.15) is 22.9 Å². The molecule has 2 N–H and O–H groups in total. The molecule has 1 aliphatic carbocycles. The fraction of sp³-hybridized carbons (Fsp3) is 0.421. The van der Waals surface area contributed by atoms with Gasteiger partial charge >= 0.3 is 5.97 Å². The van der Waals surface area contributed by atoms with Crippen LogP contribution in [0.1, 0.15) is 25.3 Å². The zero-order chi connectivity index (χ0) is 19.3. The van der Waals surface area contributed by atoms with Crippen LogP contribution in [0.15, 0.2) is 35.5 Å². The van der Waals surface area contributed by atoms with Crippen molar-refractivity contribution in [2.24, 2.45) is 0 Å². The number of benzene rings is 1. The number of ether oxygens (including phenoxy) is 1. The smallest absolute Gasteiger partial charge is 0.352 e. The number of carboxylic acids is 1. The molecule has 0 bridgehead atoms. The summed E-state index contributed by atoms with van der Waals surface area (Å²) in [5, 5.41) is 11.9. The Balaban J connectivity index is 1.52. The molecule has 2 atom stereocenters. The Hall–Kier alpha value is -2.48. The van der Waals surface area contributed by atoms with Crippen LogP contribution in [-0.2, 0) is 19.8 Å². The highest BCUT2D eigenvalue weighted by molar-refractivity contribution is 8.00. The van der Waals surface area contributed by atoms with E-state index in [1.165, 1.54) is 16.7 Å². The summed E-state index contributed by atoms with van der Waals surface area (Å²) in [6.07, 6.45) is 1.43. The lowest BCUT2D eigenvalue weighted by molar-refractivity contribution is -0.151. The highest BCUT2D eigenvalue weighted by Gasteiger charge is 2.57. The summed E-state index contributed by atoms with van der Waals surface area (Å²) in [6, 6.07) is 6.74. The van der Waals surface area contributed by atoms with E-state index in [1.54, 1.807) is 14.0 Å². The lowest BCUT2D eigenvalue weighted by Gasteiger charge is -2.49.